The molecule has 0 fully saturated rings. The third-order valence-corrected chi connectivity index (χ3v) is 7.99. The van der Waals surface area contributed by atoms with Gasteiger partial charge in [-0.2, -0.15) is 0 Å². The minimum absolute atomic E-state index is 0.0420. The van der Waals surface area contributed by atoms with Crippen molar-refractivity contribution in [1.29, 1.82) is 0 Å². The molecule has 0 saturated carbocycles. The average molecular weight is 631 g/mol. The number of amides is 1. The van der Waals surface area contributed by atoms with Gasteiger partial charge in [0, 0.05) is 6.54 Å². The van der Waals surface area contributed by atoms with Crippen LogP contribution in [-0.4, -0.2) is 59.0 Å². The fourth-order valence-corrected chi connectivity index (χ4v) is 5.20. The normalized spacial score (nSPS) is 15.8. The highest BCUT2D eigenvalue weighted by Crippen LogP contribution is 2.43. The Bertz CT molecular complexity index is 791. The third-order valence-electron chi connectivity index (χ3n) is 7.00. The van der Waals surface area contributed by atoms with E-state index in [4.69, 9.17) is 14.8 Å². The van der Waals surface area contributed by atoms with Crippen LogP contribution in [0.2, 0.25) is 0 Å². The summed E-state index contributed by atoms with van der Waals surface area (Å²) in [5.74, 6) is -0.467. The van der Waals surface area contributed by atoms with Crippen LogP contribution in [0.3, 0.4) is 0 Å². The average Bonchev–Trinajstić information content (AvgIpc) is 2.97. The highest BCUT2D eigenvalue weighted by atomic mass is 31.2. The molecule has 0 aliphatic rings. The zero-order chi connectivity index (χ0) is 32.0. The number of hydrogen-bond acceptors (Lipinski definition) is 7. The number of carbonyl (C=O) groups excluding carboxylic acids is 1. The van der Waals surface area contributed by atoms with Gasteiger partial charge in [-0.3, -0.25) is 13.8 Å². The van der Waals surface area contributed by atoms with E-state index in [1.165, 1.54) is 51.4 Å². The minimum Gasteiger partial charge on any atom is -0.393 e. The molecular weight excluding hydrogens is 567 g/mol. The Morgan fingerprint density at radius 1 is 0.791 bits per heavy atom. The second-order valence-electron chi connectivity index (χ2n) is 11.2. The van der Waals surface area contributed by atoms with Crippen molar-refractivity contribution in [3.05, 3.63) is 36.5 Å². The number of nitrogens with one attached hydrogen (secondary N) is 1. The first-order valence-corrected chi connectivity index (χ1v) is 18.2. The molecule has 0 aromatic heterocycles. The molecule has 0 bridgehead atoms. The molecular formula is C33H63N2O7P. The van der Waals surface area contributed by atoms with Crippen LogP contribution in [0.5, 0.6) is 0 Å². The van der Waals surface area contributed by atoms with Crippen LogP contribution < -0.4 is 11.1 Å². The van der Waals surface area contributed by atoms with E-state index in [-0.39, 0.29) is 19.6 Å². The van der Waals surface area contributed by atoms with Crippen LogP contribution in [0, 0.1) is 0 Å². The highest BCUT2D eigenvalue weighted by Gasteiger charge is 2.27. The molecule has 0 aliphatic heterocycles. The van der Waals surface area contributed by atoms with Crippen molar-refractivity contribution in [1.82, 2.24) is 5.32 Å². The Morgan fingerprint density at radius 2 is 1.33 bits per heavy atom. The molecule has 6 N–H and O–H groups in total. The van der Waals surface area contributed by atoms with Crippen LogP contribution >= 0.6 is 7.82 Å². The van der Waals surface area contributed by atoms with E-state index in [1.54, 1.807) is 6.08 Å². The summed E-state index contributed by atoms with van der Waals surface area (Å²) in [6, 6.07) is -0.999. The molecule has 0 aromatic carbocycles. The van der Waals surface area contributed by atoms with Crippen LogP contribution in [0.1, 0.15) is 129 Å². The van der Waals surface area contributed by atoms with Crippen molar-refractivity contribution < 1.29 is 33.5 Å². The predicted octanol–water partition coefficient (Wildman–Crippen LogP) is 7.02. The summed E-state index contributed by atoms with van der Waals surface area (Å²) in [6.07, 6.45) is 28.1. The van der Waals surface area contributed by atoms with Gasteiger partial charge in [0.2, 0.25) is 5.91 Å². The Morgan fingerprint density at radius 3 is 1.93 bits per heavy atom. The number of phosphoric ester groups is 1. The van der Waals surface area contributed by atoms with Gasteiger partial charge in [0.05, 0.1) is 37.9 Å². The van der Waals surface area contributed by atoms with Crippen molar-refractivity contribution in [3.63, 3.8) is 0 Å². The number of aliphatic hydroxyl groups excluding tert-OH is 2. The maximum atomic E-state index is 12.6. The SMILES string of the molecule is CCCCC/C=C/CC/C=C/CC/C=C/C(O)C(COP(=O)(O)OCCN)NC(=O)CC(O)CCCCCCCCCC. The fourth-order valence-electron chi connectivity index (χ4n) is 4.44. The second kappa shape index (κ2) is 29.4. The van der Waals surface area contributed by atoms with Gasteiger partial charge in [-0.25, -0.2) is 4.57 Å². The largest absolute Gasteiger partial charge is 0.472 e. The topological polar surface area (TPSA) is 151 Å². The van der Waals surface area contributed by atoms with Crippen molar-refractivity contribution in [2.75, 3.05) is 19.8 Å². The molecule has 0 heterocycles. The summed E-state index contributed by atoms with van der Waals surface area (Å²) in [5.41, 5.74) is 5.32. The summed E-state index contributed by atoms with van der Waals surface area (Å²) >= 11 is 0. The number of rotatable bonds is 30. The van der Waals surface area contributed by atoms with Crippen molar-refractivity contribution in [2.24, 2.45) is 5.73 Å². The predicted molar refractivity (Wildman–Crippen MR) is 177 cm³/mol. The lowest BCUT2D eigenvalue weighted by Gasteiger charge is -2.24. The smallest absolute Gasteiger partial charge is 0.393 e. The molecule has 0 rings (SSSR count). The Kier molecular flexibility index (Phi) is 28.5. The Hall–Kier alpha value is -1.32. The lowest BCUT2D eigenvalue weighted by Crippen LogP contribution is -2.46. The van der Waals surface area contributed by atoms with Crippen molar-refractivity contribution in [2.45, 2.75) is 148 Å². The molecule has 4 unspecified atom stereocenters. The van der Waals surface area contributed by atoms with E-state index >= 15 is 0 Å². The first-order valence-electron chi connectivity index (χ1n) is 16.7. The molecule has 252 valence electrons. The molecule has 9 nitrogen and oxygen atoms in total. The van der Waals surface area contributed by atoms with Crippen LogP contribution in [0.15, 0.2) is 36.5 Å². The highest BCUT2D eigenvalue weighted by molar-refractivity contribution is 7.47. The van der Waals surface area contributed by atoms with E-state index < -0.39 is 38.6 Å². The molecule has 0 spiro atoms. The molecule has 10 heteroatoms. The van der Waals surface area contributed by atoms with Gasteiger partial charge < -0.3 is 26.2 Å². The van der Waals surface area contributed by atoms with Crippen molar-refractivity contribution >= 4 is 13.7 Å². The number of unbranched alkanes of at least 4 members (excludes halogenated alkanes) is 12. The molecule has 43 heavy (non-hydrogen) atoms. The number of allylic oxidation sites excluding steroid dienone is 5. The van der Waals surface area contributed by atoms with Gasteiger partial charge in [-0.1, -0.05) is 115 Å². The van der Waals surface area contributed by atoms with Gasteiger partial charge >= 0.3 is 7.82 Å². The summed E-state index contributed by atoms with van der Waals surface area (Å²) in [4.78, 5) is 22.5. The number of carbonyl (C=O) groups is 1. The van der Waals surface area contributed by atoms with Crippen LogP contribution in [0.4, 0.5) is 0 Å². The lowest BCUT2D eigenvalue weighted by molar-refractivity contribution is -0.124. The minimum atomic E-state index is -4.39. The third kappa shape index (κ3) is 27.9. The monoisotopic (exact) mass is 630 g/mol. The van der Waals surface area contributed by atoms with Gasteiger partial charge in [0.1, 0.15) is 0 Å². The maximum absolute atomic E-state index is 12.6. The number of aliphatic hydroxyl groups is 2. The first kappa shape index (κ1) is 41.7. The lowest BCUT2D eigenvalue weighted by atomic mass is 10.0. The molecule has 0 aliphatic carbocycles. The van der Waals surface area contributed by atoms with Crippen molar-refractivity contribution in [3.8, 4) is 0 Å². The summed E-state index contributed by atoms with van der Waals surface area (Å²) in [7, 11) is -4.39. The number of nitrogens with two attached hydrogens (primary N) is 1. The summed E-state index contributed by atoms with van der Waals surface area (Å²) < 4.78 is 21.8. The summed E-state index contributed by atoms with van der Waals surface area (Å²) in [5, 5.41) is 23.7. The molecule has 4 atom stereocenters. The molecule has 1 amide bonds. The van der Waals surface area contributed by atoms with Gasteiger partial charge in [0.25, 0.3) is 0 Å². The quantitative estimate of drug-likeness (QED) is 0.0323. The molecule has 0 saturated heterocycles. The van der Waals surface area contributed by atoms with Gasteiger partial charge in [-0.05, 0) is 44.9 Å². The molecule has 0 radical (unpaired) electrons. The zero-order valence-electron chi connectivity index (χ0n) is 27.0. The fraction of sp³-hybridized carbons (Fsp3) is 0.788. The maximum Gasteiger partial charge on any atom is 0.472 e. The van der Waals surface area contributed by atoms with E-state index in [1.807, 2.05) is 6.08 Å². The second-order valence-corrected chi connectivity index (χ2v) is 12.6. The zero-order valence-corrected chi connectivity index (χ0v) is 27.9. The van der Waals surface area contributed by atoms with Crippen LogP contribution in [-0.2, 0) is 18.4 Å². The Balaban J connectivity index is 4.65. The van der Waals surface area contributed by atoms with E-state index in [0.717, 1.165) is 44.9 Å². The summed E-state index contributed by atoms with van der Waals surface area (Å²) in [6.45, 7) is 3.83. The Labute approximate surface area is 262 Å². The first-order chi connectivity index (χ1) is 20.8. The van der Waals surface area contributed by atoms with E-state index in [2.05, 4.69) is 43.5 Å². The van der Waals surface area contributed by atoms with E-state index in [0.29, 0.717) is 12.8 Å². The van der Waals surface area contributed by atoms with Crippen LogP contribution in [0.25, 0.3) is 0 Å². The van der Waals surface area contributed by atoms with E-state index in [9.17, 15) is 24.5 Å². The standard InChI is InChI=1S/C33H63N2O7P/c1-3-5-7-9-11-13-14-15-16-17-19-21-23-25-32(37)31(29-42-43(39,40)41-27-26-34)35-33(38)28-30(36)24-22-20-18-12-10-8-6-4-2/h11,13,16-17,23,25,30-32,36-37H,3-10,12,14-15,18-22,24,26-29,34H2,1-2H3,(H,35,38)(H,39,40)/b13-11+,17-16+,25-23+. The number of hydrogen-bond donors (Lipinski definition) is 5. The molecule has 0 aromatic rings. The van der Waals surface area contributed by atoms with Gasteiger partial charge in [0.15, 0.2) is 0 Å². The van der Waals surface area contributed by atoms with Gasteiger partial charge in [-0.15, -0.1) is 0 Å². The number of phosphoric acid groups is 1.